The Morgan fingerprint density at radius 1 is 0.892 bits per heavy atom. The number of oxime groups is 1. The molecule has 7 heteroatoms. The topological polar surface area (TPSA) is 94.2 Å². The van der Waals surface area contributed by atoms with Crippen molar-refractivity contribution in [1.82, 2.24) is 4.98 Å². The second kappa shape index (κ2) is 13.1. The van der Waals surface area contributed by atoms with Crippen molar-refractivity contribution in [3.05, 3.63) is 108 Å². The summed E-state index contributed by atoms with van der Waals surface area (Å²) in [6.07, 6.45) is 2.14. The average Bonchev–Trinajstić information content (AvgIpc) is 3.30. The van der Waals surface area contributed by atoms with Crippen LogP contribution in [0, 0.1) is 6.92 Å². The van der Waals surface area contributed by atoms with Crippen molar-refractivity contribution in [2.45, 2.75) is 45.8 Å². The SMILES string of the molecule is Cc1oc(-c2ccccc2)nc1COc1ccc(CON=C(CCCCC(=O)O)c2ccccc2)cc1. The molecule has 0 radical (unpaired) electrons. The first kappa shape index (κ1) is 25.7. The molecule has 1 aromatic heterocycles. The number of benzene rings is 3. The lowest BCUT2D eigenvalue weighted by Crippen LogP contribution is -2.03. The van der Waals surface area contributed by atoms with Crippen LogP contribution in [-0.2, 0) is 22.8 Å². The number of carbonyl (C=O) groups is 1. The molecule has 4 rings (SSSR count). The van der Waals surface area contributed by atoms with Crippen LogP contribution in [0.1, 0.15) is 48.3 Å². The minimum atomic E-state index is -0.782. The largest absolute Gasteiger partial charge is 0.487 e. The number of aliphatic carboxylic acids is 1. The van der Waals surface area contributed by atoms with Gasteiger partial charge in [0.05, 0.1) is 5.71 Å². The van der Waals surface area contributed by atoms with Gasteiger partial charge in [-0.15, -0.1) is 0 Å². The Hall–Kier alpha value is -4.39. The Morgan fingerprint density at radius 3 is 2.27 bits per heavy atom. The molecular formula is C30H30N2O5. The highest BCUT2D eigenvalue weighted by Crippen LogP contribution is 2.23. The fourth-order valence-electron chi connectivity index (χ4n) is 3.73. The van der Waals surface area contributed by atoms with Gasteiger partial charge in [-0.25, -0.2) is 4.98 Å². The molecule has 0 unspecified atom stereocenters. The average molecular weight is 499 g/mol. The van der Waals surface area contributed by atoms with Gasteiger partial charge in [0.15, 0.2) is 0 Å². The maximum absolute atomic E-state index is 10.8. The Morgan fingerprint density at radius 2 is 1.57 bits per heavy atom. The molecule has 0 fully saturated rings. The predicted octanol–water partition coefficient (Wildman–Crippen LogP) is 6.79. The lowest BCUT2D eigenvalue weighted by molar-refractivity contribution is -0.137. The van der Waals surface area contributed by atoms with Crippen LogP contribution in [0.2, 0.25) is 0 Å². The van der Waals surface area contributed by atoms with E-state index in [1.165, 1.54) is 0 Å². The minimum absolute atomic E-state index is 0.155. The molecule has 7 nitrogen and oxygen atoms in total. The Bertz CT molecular complexity index is 1300. The van der Waals surface area contributed by atoms with E-state index in [2.05, 4.69) is 10.1 Å². The first-order valence-corrected chi connectivity index (χ1v) is 12.3. The summed E-state index contributed by atoms with van der Waals surface area (Å²) in [5.41, 5.74) is 4.43. The van der Waals surface area contributed by atoms with Gasteiger partial charge in [-0.2, -0.15) is 0 Å². The Balaban J connectivity index is 1.30. The van der Waals surface area contributed by atoms with E-state index in [0.717, 1.165) is 46.0 Å². The highest BCUT2D eigenvalue weighted by atomic mass is 16.6. The van der Waals surface area contributed by atoms with E-state index in [9.17, 15) is 4.79 Å². The summed E-state index contributed by atoms with van der Waals surface area (Å²) in [4.78, 5) is 21.0. The van der Waals surface area contributed by atoms with Crippen LogP contribution in [0.5, 0.6) is 5.75 Å². The zero-order valence-electron chi connectivity index (χ0n) is 20.8. The molecule has 0 amide bonds. The standard InChI is InChI=1S/C30H30N2O5/c1-22-28(31-30(37-22)25-12-6-3-7-13-25)21-35-26-18-16-23(17-19-26)20-36-32-27(14-8-9-15-29(33)34)24-10-4-2-5-11-24/h2-7,10-13,16-19H,8-9,14-15,20-21H2,1H3,(H,33,34). The van der Waals surface area contributed by atoms with Crippen LogP contribution in [0.4, 0.5) is 0 Å². The number of rotatable bonds is 13. The smallest absolute Gasteiger partial charge is 0.303 e. The number of ether oxygens (including phenoxy) is 1. The molecule has 0 saturated heterocycles. The van der Waals surface area contributed by atoms with Gasteiger partial charge in [-0.3, -0.25) is 4.79 Å². The summed E-state index contributed by atoms with van der Waals surface area (Å²) < 4.78 is 11.7. The Labute approximate surface area is 216 Å². The Kier molecular flexibility index (Phi) is 9.07. The highest BCUT2D eigenvalue weighted by Gasteiger charge is 2.12. The van der Waals surface area contributed by atoms with Crippen molar-refractivity contribution in [3.63, 3.8) is 0 Å². The first-order valence-electron chi connectivity index (χ1n) is 12.3. The van der Waals surface area contributed by atoms with E-state index in [0.29, 0.717) is 31.9 Å². The first-order chi connectivity index (χ1) is 18.1. The zero-order chi connectivity index (χ0) is 25.9. The van der Waals surface area contributed by atoms with E-state index < -0.39 is 5.97 Å². The zero-order valence-corrected chi connectivity index (χ0v) is 20.8. The third kappa shape index (κ3) is 7.80. The molecule has 3 aromatic carbocycles. The number of oxazole rings is 1. The monoisotopic (exact) mass is 498 g/mol. The summed E-state index contributed by atoms with van der Waals surface area (Å²) in [5.74, 6) is 1.26. The number of carboxylic acids is 1. The molecule has 0 aliphatic carbocycles. The highest BCUT2D eigenvalue weighted by molar-refractivity contribution is 6.00. The van der Waals surface area contributed by atoms with Gasteiger partial charge in [0.25, 0.3) is 0 Å². The lowest BCUT2D eigenvalue weighted by atomic mass is 10.0. The van der Waals surface area contributed by atoms with Gasteiger partial charge in [0, 0.05) is 12.0 Å². The van der Waals surface area contributed by atoms with E-state index in [1.54, 1.807) is 0 Å². The minimum Gasteiger partial charge on any atom is -0.487 e. The number of hydrogen-bond acceptors (Lipinski definition) is 6. The fourth-order valence-corrected chi connectivity index (χ4v) is 3.73. The summed E-state index contributed by atoms with van der Waals surface area (Å²) in [7, 11) is 0. The van der Waals surface area contributed by atoms with Crippen molar-refractivity contribution in [2.24, 2.45) is 5.16 Å². The van der Waals surface area contributed by atoms with E-state index >= 15 is 0 Å². The van der Waals surface area contributed by atoms with Gasteiger partial charge in [-0.1, -0.05) is 65.8 Å². The van der Waals surface area contributed by atoms with E-state index in [-0.39, 0.29) is 6.42 Å². The van der Waals surface area contributed by atoms with Gasteiger partial charge in [-0.05, 0) is 61.6 Å². The summed E-state index contributed by atoms with van der Waals surface area (Å²) >= 11 is 0. The molecule has 0 atom stereocenters. The third-order valence-electron chi connectivity index (χ3n) is 5.78. The molecule has 0 spiro atoms. The second-order valence-electron chi connectivity index (χ2n) is 8.60. The molecule has 4 aromatic rings. The summed E-state index contributed by atoms with van der Waals surface area (Å²) in [6.45, 7) is 2.51. The van der Waals surface area contributed by atoms with Crippen LogP contribution in [0.3, 0.4) is 0 Å². The van der Waals surface area contributed by atoms with Gasteiger partial charge in [0.1, 0.15) is 30.4 Å². The molecule has 1 N–H and O–H groups in total. The van der Waals surface area contributed by atoms with Crippen molar-refractivity contribution in [3.8, 4) is 17.2 Å². The lowest BCUT2D eigenvalue weighted by Gasteiger charge is -2.08. The fraction of sp³-hybridized carbons (Fsp3) is 0.233. The number of aryl methyl sites for hydroxylation is 1. The van der Waals surface area contributed by atoms with Crippen LogP contribution >= 0.6 is 0 Å². The maximum Gasteiger partial charge on any atom is 0.303 e. The van der Waals surface area contributed by atoms with Crippen LogP contribution in [0.15, 0.2) is 94.5 Å². The van der Waals surface area contributed by atoms with Gasteiger partial charge in [0.2, 0.25) is 5.89 Å². The predicted molar refractivity (Wildman–Crippen MR) is 141 cm³/mol. The van der Waals surface area contributed by atoms with Crippen molar-refractivity contribution in [2.75, 3.05) is 0 Å². The number of aromatic nitrogens is 1. The molecule has 37 heavy (non-hydrogen) atoms. The van der Waals surface area contributed by atoms with Gasteiger partial charge >= 0.3 is 5.97 Å². The number of unbranched alkanes of at least 4 members (excludes halogenated alkanes) is 1. The number of hydrogen-bond donors (Lipinski definition) is 1. The van der Waals surface area contributed by atoms with Crippen LogP contribution in [0.25, 0.3) is 11.5 Å². The number of carboxylic acid groups (broad SMARTS) is 1. The quantitative estimate of drug-likeness (QED) is 0.124. The van der Waals surface area contributed by atoms with Crippen LogP contribution < -0.4 is 4.74 Å². The third-order valence-corrected chi connectivity index (χ3v) is 5.78. The molecule has 0 bridgehead atoms. The van der Waals surface area contributed by atoms with Crippen LogP contribution in [-0.4, -0.2) is 21.8 Å². The number of nitrogens with zero attached hydrogens (tertiary/aromatic N) is 2. The summed E-state index contributed by atoms with van der Waals surface area (Å²) in [5, 5.41) is 13.2. The maximum atomic E-state index is 10.8. The summed E-state index contributed by atoms with van der Waals surface area (Å²) in [6, 6.07) is 27.2. The molecule has 190 valence electrons. The molecule has 0 aliphatic rings. The van der Waals surface area contributed by atoms with E-state index in [4.69, 9.17) is 19.1 Å². The van der Waals surface area contributed by atoms with Crippen molar-refractivity contribution < 1.29 is 23.9 Å². The molecule has 0 saturated carbocycles. The molecule has 0 aliphatic heterocycles. The normalized spacial score (nSPS) is 11.3. The second-order valence-corrected chi connectivity index (χ2v) is 8.60. The molecule has 1 heterocycles. The van der Waals surface area contributed by atoms with Crippen molar-refractivity contribution >= 4 is 11.7 Å². The van der Waals surface area contributed by atoms with Gasteiger partial charge < -0.3 is 19.1 Å². The van der Waals surface area contributed by atoms with E-state index in [1.807, 2.05) is 91.9 Å². The molecular weight excluding hydrogens is 468 g/mol. The van der Waals surface area contributed by atoms with Crippen molar-refractivity contribution in [1.29, 1.82) is 0 Å².